The second-order valence-corrected chi connectivity index (χ2v) is 5.21. The van der Waals surface area contributed by atoms with Gasteiger partial charge in [0.1, 0.15) is 5.82 Å². The van der Waals surface area contributed by atoms with Crippen molar-refractivity contribution >= 4 is 22.5 Å². The van der Waals surface area contributed by atoms with E-state index in [9.17, 15) is 18.0 Å². The average Bonchev–Trinajstić information content (AvgIpc) is 2.33. The summed E-state index contributed by atoms with van der Waals surface area (Å²) in [4.78, 5) is 18.6. The zero-order valence-electron chi connectivity index (χ0n) is 11.1. The molecule has 0 aliphatic rings. The fourth-order valence-corrected chi connectivity index (χ4v) is 2.10. The molecule has 0 bridgehead atoms. The Bertz CT molecular complexity index is 699. The molecular formula is C13H13ClF3N3O. The number of aromatic amines is 1. The van der Waals surface area contributed by atoms with Crippen LogP contribution in [-0.2, 0) is 6.54 Å². The van der Waals surface area contributed by atoms with Crippen molar-refractivity contribution in [2.75, 3.05) is 0 Å². The smallest absolute Gasteiger partial charge is 0.309 e. The molecule has 1 aromatic heterocycles. The van der Waals surface area contributed by atoms with E-state index in [1.807, 2.05) is 0 Å². The fourth-order valence-electron chi connectivity index (χ4n) is 1.94. The van der Waals surface area contributed by atoms with E-state index in [-0.39, 0.29) is 17.9 Å². The fraction of sp³-hybridized carbons (Fsp3) is 0.385. The Morgan fingerprint density at radius 1 is 1.43 bits per heavy atom. The lowest BCUT2D eigenvalue weighted by Gasteiger charge is -2.15. The van der Waals surface area contributed by atoms with E-state index in [4.69, 9.17) is 11.6 Å². The van der Waals surface area contributed by atoms with Crippen LogP contribution < -0.4 is 10.9 Å². The first-order valence-electron chi connectivity index (χ1n) is 6.23. The summed E-state index contributed by atoms with van der Waals surface area (Å²) in [7, 11) is 0. The minimum atomic E-state index is -4.23. The van der Waals surface area contributed by atoms with E-state index >= 15 is 0 Å². The minimum Gasteiger partial charge on any atom is -0.309 e. The lowest BCUT2D eigenvalue weighted by atomic mass is 10.2. The normalized spacial score (nSPS) is 13.6. The average molecular weight is 320 g/mol. The molecule has 1 aromatic carbocycles. The van der Waals surface area contributed by atoms with Gasteiger partial charge in [-0.05, 0) is 25.1 Å². The highest BCUT2D eigenvalue weighted by Crippen LogP contribution is 2.21. The molecule has 0 saturated carbocycles. The van der Waals surface area contributed by atoms with Gasteiger partial charge in [0, 0.05) is 11.1 Å². The first-order valence-corrected chi connectivity index (χ1v) is 6.61. The van der Waals surface area contributed by atoms with Crippen LogP contribution in [0.5, 0.6) is 0 Å². The number of benzene rings is 1. The van der Waals surface area contributed by atoms with Gasteiger partial charge in [0.25, 0.3) is 5.56 Å². The highest BCUT2D eigenvalue weighted by molar-refractivity contribution is 6.31. The van der Waals surface area contributed by atoms with Gasteiger partial charge in [0.2, 0.25) is 0 Å². The molecule has 0 fully saturated rings. The van der Waals surface area contributed by atoms with Crippen molar-refractivity contribution in [1.29, 1.82) is 0 Å². The van der Waals surface area contributed by atoms with E-state index in [0.29, 0.717) is 15.9 Å². The van der Waals surface area contributed by atoms with Crippen LogP contribution >= 0.6 is 11.6 Å². The molecule has 1 unspecified atom stereocenters. The number of halogens is 4. The second-order valence-electron chi connectivity index (χ2n) is 4.78. The molecule has 0 radical (unpaired) electrons. The van der Waals surface area contributed by atoms with Crippen LogP contribution in [0.4, 0.5) is 13.2 Å². The molecule has 114 valence electrons. The molecule has 2 N–H and O–H groups in total. The van der Waals surface area contributed by atoms with Crippen molar-refractivity contribution in [3.05, 3.63) is 39.4 Å². The Morgan fingerprint density at radius 3 is 2.81 bits per heavy atom. The van der Waals surface area contributed by atoms with Gasteiger partial charge in [0.05, 0.1) is 23.9 Å². The van der Waals surface area contributed by atoms with E-state index in [1.54, 1.807) is 12.1 Å². The summed E-state index contributed by atoms with van der Waals surface area (Å²) in [5.74, 6) is 0.267. The predicted octanol–water partition coefficient (Wildman–Crippen LogP) is 3.01. The first kappa shape index (κ1) is 15.8. The van der Waals surface area contributed by atoms with Crippen molar-refractivity contribution in [2.45, 2.75) is 32.1 Å². The van der Waals surface area contributed by atoms with E-state index in [1.165, 1.54) is 13.0 Å². The third-order valence-electron chi connectivity index (χ3n) is 2.87. The quantitative estimate of drug-likeness (QED) is 0.911. The van der Waals surface area contributed by atoms with Crippen LogP contribution in [0, 0.1) is 0 Å². The number of nitrogens with one attached hydrogen (secondary N) is 2. The summed E-state index contributed by atoms with van der Waals surface area (Å²) in [6.45, 7) is 1.46. The molecule has 0 spiro atoms. The Balaban J connectivity index is 2.14. The largest absolute Gasteiger partial charge is 0.390 e. The van der Waals surface area contributed by atoms with Crippen molar-refractivity contribution in [3.63, 3.8) is 0 Å². The number of H-pyrrole nitrogens is 1. The summed E-state index contributed by atoms with van der Waals surface area (Å²) in [6.07, 6.45) is -5.18. The predicted molar refractivity (Wildman–Crippen MR) is 74.3 cm³/mol. The number of hydrogen-bond donors (Lipinski definition) is 2. The maximum absolute atomic E-state index is 12.2. The number of fused-ring (bicyclic) bond motifs is 1. The molecule has 0 aliphatic carbocycles. The van der Waals surface area contributed by atoms with E-state index < -0.39 is 18.6 Å². The molecular weight excluding hydrogens is 307 g/mol. The van der Waals surface area contributed by atoms with Gasteiger partial charge in [-0.25, -0.2) is 4.98 Å². The molecule has 1 atom stereocenters. The lowest BCUT2D eigenvalue weighted by Crippen LogP contribution is -2.31. The van der Waals surface area contributed by atoms with Crippen molar-refractivity contribution in [1.82, 2.24) is 15.3 Å². The zero-order chi connectivity index (χ0) is 15.6. The molecule has 2 rings (SSSR count). The first-order chi connectivity index (χ1) is 9.74. The summed E-state index contributed by atoms with van der Waals surface area (Å²) >= 11 is 5.83. The van der Waals surface area contributed by atoms with Gasteiger partial charge in [-0.1, -0.05) is 11.6 Å². The molecule has 0 amide bonds. The van der Waals surface area contributed by atoms with Gasteiger partial charge in [-0.3, -0.25) is 4.79 Å². The van der Waals surface area contributed by atoms with E-state index in [2.05, 4.69) is 15.3 Å². The van der Waals surface area contributed by atoms with Crippen LogP contribution in [0.2, 0.25) is 5.02 Å². The van der Waals surface area contributed by atoms with Crippen LogP contribution in [-0.4, -0.2) is 22.2 Å². The SMILES string of the molecule is CC(CC(F)(F)F)NCc1nc2cc(Cl)ccc2c(=O)[nH]1. The highest BCUT2D eigenvalue weighted by Gasteiger charge is 2.29. The molecule has 0 saturated heterocycles. The molecule has 21 heavy (non-hydrogen) atoms. The maximum atomic E-state index is 12.2. The van der Waals surface area contributed by atoms with Gasteiger partial charge in [-0.15, -0.1) is 0 Å². The Labute approximate surface area is 123 Å². The standard InChI is InChI=1S/C13H13ClF3N3O/c1-7(5-13(15,16)17)18-6-11-19-10-4-8(14)2-3-9(10)12(21)20-11/h2-4,7,18H,5-6H2,1H3,(H,19,20,21). The zero-order valence-corrected chi connectivity index (χ0v) is 11.8. The number of alkyl halides is 3. The topological polar surface area (TPSA) is 57.8 Å². The summed E-state index contributed by atoms with van der Waals surface area (Å²) in [6, 6.07) is 3.89. The van der Waals surface area contributed by atoms with Crippen LogP contribution in [0.1, 0.15) is 19.2 Å². The van der Waals surface area contributed by atoms with Crippen LogP contribution in [0.15, 0.2) is 23.0 Å². The van der Waals surface area contributed by atoms with Crippen molar-refractivity contribution in [3.8, 4) is 0 Å². The Kier molecular flexibility index (Phi) is 4.53. The number of nitrogens with zero attached hydrogens (tertiary/aromatic N) is 1. The third-order valence-corrected chi connectivity index (χ3v) is 3.11. The monoisotopic (exact) mass is 319 g/mol. The van der Waals surface area contributed by atoms with Gasteiger partial charge in [-0.2, -0.15) is 13.2 Å². The van der Waals surface area contributed by atoms with E-state index in [0.717, 1.165) is 0 Å². The Morgan fingerprint density at radius 2 is 2.14 bits per heavy atom. The molecule has 2 aromatic rings. The summed E-state index contributed by atoms with van der Waals surface area (Å²) in [5, 5.41) is 3.49. The summed E-state index contributed by atoms with van der Waals surface area (Å²) in [5.41, 5.74) is 0.0588. The summed E-state index contributed by atoms with van der Waals surface area (Å²) < 4.78 is 36.7. The highest BCUT2D eigenvalue weighted by atomic mass is 35.5. The van der Waals surface area contributed by atoms with Gasteiger partial charge >= 0.3 is 6.18 Å². The Hall–Kier alpha value is -1.60. The molecule has 1 heterocycles. The molecule has 8 heteroatoms. The number of rotatable bonds is 4. The van der Waals surface area contributed by atoms with Crippen LogP contribution in [0.3, 0.4) is 0 Å². The van der Waals surface area contributed by atoms with Gasteiger partial charge < -0.3 is 10.3 Å². The van der Waals surface area contributed by atoms with Crippen molar-refractivity contribution < 1.29 is 13.2 Å². The van der Waals surface area contributed by atoms with Crippen molar-refractivity contribution in [2.24, 2.45) is 0 Å². The number of aromatic nitrogens is 2. The number of hydrogen-bond acceptors (Lipinski definition) is 3. The third kappa shape index (κ3) is 4.44. The molecule has 4 nitrogen and oxygen atoms in total. The second kappa shape index (κ2) is 6.03. The van der Waals surface area contributed by atoms with Gasteiger partial charge in [0.15, 0.2) is 0 Å². The lowest BCUT2D eigenvalue weighted by molar-refractivity contribution is -0.139. The minimum absolute atomic E-state index is 0.0366. The molecule has 0 aliphatic heterocycles. The van der Waals surface area contributed by atoms with Crippen LogP contribution in [0.25, 0.3) is 10.9 Å². The maximum Gasteiger partial charge on any atom is 0.390 e.